The van der Waals surface area contributed by atoms with Crippen LogP contribution in [-0.2, 0) is 14.4 Å². The van der Waals surface area contributed by atoms with Gasteiger partial charge in [0.2, 0.25) is 0 Å². The number of hydrogen-bond acceptors (Lipinski definition) is 4. The van der Waals surface area contributed by atoms with E-state index < -0.39 is 23.6 Å². The lowest BCUT2D eigenvalue weighted by Crippen LogP contribution is -2.29. The van der Waals surface area contributed by atoms with Crippen LogP contribution in [0.25, 0.3) is 0 Å². The van der Waals surface area contributed by atoms with Gasteiger partial charge in [-0.15, -0.1) is 0 Å². The molecule has 0 fully saturated rings. The lowest BCUT2D eigenvalue weighted by atomic mass is 10.1. The van der Waals surface area contributed by atoms with E-state index >= 15 is 0 Å². The van der Waals surface area contributed by atoms with Gasteiger partial charge >= 0.3 is 5.97 Å². The summed E-state index contributed by atoms with van der Waals surface area (Å²) >= 11 is 0. The van der Waals surface area contributed by atoms with Crippen molar-refractivity contribution in [1.29, 1.82) is 0 Å². The molecule has 0 radical (unpaired) electrons. The summed E-state index contributed by atoms with van der Waals surface area (Å²) in [6.45, 7) is 1.23. The molecule has 0 spiro atoms. The molecule has 0 aromatic heterocycles. The third-order valence-corrected chi connectivity index (χ3v) is 1.88. The van der Waals surface area contributed by atoms with E-state index in [1.54, 1.807) is 0 Å². The van der Waals surface area contributed by atoms with Crippen LogP contribution >= 0.6 is 0 Å². The van der Waals surface area contributed by atoms with Gasteiger partial charge in [-0.25, -0.2) is 0 Å². The average molecular weight is 201 g/mol. The highest BCUT2D eigenvalue weighted by molar-refractivity contribution is 6.36. The molecule has 14 heavy (non-hydrogen) atoms. The van der Waals surface area contributed by atoms with Crippen molar-refractivity contribution >= 4 is 17.5 Å². The molecular formula is C9H15NO4. The van der Waals surface area contributed by atoms with Crippen molar-refractivity contribution < 1.29 is 19.5 Å². The Labute approximate surface area is 82.3 Å². The van der Waals surface area contributed by atoms with E-state index in [9.17, 15) is 14.4 Å². The monoisotopic (exact) mass is 201 g/mol. The van der Waals surface area contributed by atoms with Crippen molar-refractivity contribution in [3.63, 3.8) is 0 Å². The summed E-state index contributed by atoms with van der Waals surface area (Å²) in [7, 11) is 0. The maximum Gasteiger partial charge on any atom is 0.320 e. The van der Waals surface area contributed by atoms with E-state index in [4.69, 9.17) is 10.8 Å². The Morgan fingerprint density at radius 3 is 2.29 bits per heavy atom. The minimum Gasteiger partial charge on any atom is -0.480 e. The Bertz CT molecular complexity index is 237. The first kappa shape index (κ1) is 12.8. The Kier molecular flexibility index (Phi) is 5.71. The molecule has 0 rings (SSSR count). The molecule has 0 bridgehead atoms. The second-order valence-corrected chi connectivity index (χ2v) is 3.17. The van der Waals surface area contributed by atoms with E-state index in [2.05, 4.69) is 0 Å². The van der Waals surface area contributed by atoms with Gasteiger partial charge in [0, 0.05) is 13.3 Å². The van der Waals surface area contributed by atoms with Gasteiger partial charge in [0.25, 0.3) is 0 Å². The number of carbonyl (C=O) groups is 3. The number of nitrogens with two attached hydrogens (primary N) is 1. The van der Waals surface area contributed by atoms with Crippen molar-refractivity contribution in [2.24, 2.45) is 5.73 Å². The number of carboxylic acids is 1. The molecule has 3 N–H and O–H groups in total. The lowest BCUT2D eigenvalue weighted by Gasteiger charge is -2.04. The number of unbranched alkanes of at least 4 members (excludes halogenated alkanes) is 1. The number of rotatable bonds is 7. The molecule has 80 valence electrons. The fourth-order valence-electron chi connectivity index (χ4n) is 0.949. The average Bonchev–Trinajstić information content (AvgIpc) is 2.11. The summed E-state index contributed by atoms with van der Waals surface area (Å²) in [6, 6.07) is -0.873. The topological polar surface area (TPSA) is 97.5 Å². The molecule has 0 aliphatic carbocycles. The summed E-state index contributed by atoms with van der Waals surface area (Å²) in [5.41, 5.74) is 5.24. The van der Waals surface area contributed by atoms with Gasteiger partial charge in [-0.3, -0.25) is 14.4 Å². The van der Waals surface area contributed by atoms with Crippen LogP contribution < -0.4 is 5.73 Å². The molecule has 5 nitrogen and oxygen atoms in total. The number of hydrogen-bond donors (Lipinski definition) is 2. The van der Waals surface area contributed by atoms with Crippen LogP contribution in [0.4, 0.5) is 0 Å². The standard InChI is InChI=1S/C9H15NO4/c1-6(11)8(12)5-3-2-4-7(10)9(13)14/h7H,2-5,10H2,1H3,(H,13,14). The Hall–Kier alpha value is -1.23. The number of aliphatic carboxylic acids is 1. The second-order valence-electron chi connectivity index (χ2n) is 3.17. The van der Waals surface area contributed by atoms with Crippen molar-refractivity contribution in [3.05, 3.63) is 0 Å². The van der Waals surface area contributed by atoms with Crippen LogP contribution in [0.15, 0.2) is 0 Å². The molecule has 1 atom stereocenters. The normalized spacial score (nSPS) is 12.1. The van der Waals surface area contributed by atoms with Gasteiger partial charge < -0.3 is 10.8 Å². The van der Waals surface area contributed by atoms with E-state index in [-0.39, 0.29) is 6.42 Å². The highest BCUT2D eigenvalue weighted by Gasteiger charge is 2.11. The van der Waals surface area contributed by atoms with Crippen LogP contribution in [0, 0.1) is 0 Å². The molecule has 0 aliphatic heterocycles. The summed E-state index contributed by atoms with van der Waals surface area (Å²) in [5, 5.41) is 8.43. The zero-order valence-corrected chi connectivity index (χ0v) is 8.16. The predicted molar refractivity (Wildman–Crippen MR) is 49.8 cm³/mol. The van der Waals surface area contributed by atoms with Crippen molar-refractivity contribution in [3.8, 4) is 0 Å². The molecule has 0 aromatic rings. The Balaban J connectivity index is 3.52. The quantitative estimate of drug-likeness (QED) is 0.450. The SMILES string of the molecule is CC(=O)C(=O)CCCCC(N)C(=O)O. The maximum atomic E-state index is 10.8. The van der Waals surface area contributed by atoms with Crippen LogP contribution in [-0.4, -0.2) is 28.7 Å². The fraction of sp³-hybridized carbons (Fsp3) is 0.667. The molecule has 0 aliphatic rings. The van der Waals surface area contributed by atoms with Crippen LogP contribution in [0.5, 0.6) is 0 Å². The minimum atomic E-state index is -1.04. The zero-order chi connectivity index (χ0) is 11.1. The molecular weight excluding hydrogens is 186 g/mol. The second kappa shape index (κ2) is 6.26. The maximum absolute atomic E-state index is 10.8. The molecule has 0 aromatic carbocycles. The Morgan fingerprint density at radius 1 is 1.29 bits per heavy atom. The minimum absolute atomic E-state index is 0.182. The predicted octanol–water partition coefficient (Wildman–Crippen LogP) is 0.117. The number of Topliss-reactive ketones (excluding diaryl/α,β-unsaturated/α-hetero) is 2. The molecule has 0 amide bonds. The molecule has 0 heterocycles. The lowest BCUT2D eigenvalue weighted by molar-refractivity contribution is -0.138. The summed E-state index contributed by atoms with van der Waals surface area (Å²) in [5.74, 6) is -1.90. The summed E-state index contributed by atoms with van der Waals surface area (Å²) in [6.07, 6.45) is 1.58. The summed E-state index contributed by atoms with van der Waals surface area (Å²) in [4.78, 5) is 31.6. The van der Waals surface area contributed by atoms with E-state index in [0.717, 1.165) is 0 Å². The largest absolute Gasteiger partial charge is 0.480 e. The van der Waals surface area contributed by atoms with Crippen LogP contribution in [0.3, 0.4) is 0 Å². The van der Waals surface area contributed by atoms with Crippen LogP contribution in [0.1, 0.15) is 32.6 Å². The fourth-order valence-corrected chi connectivity index (χ4v) is 0.949. The number of carbonyl (C=O) groups excluding carboxylic acids is 2. The van der Waals surface area contributed by atoms with Gasteiger partial charge in [0.15, 0.2) is 11.6 Å². The van der Waals surface area contributed by atoms with Gasteiger partial charge in [0.1, 0.15) is 6.04 Å². The van der Waals surface area contributed by atoms with E-state index in [1.165, 1.54) is 6.92 Å². The highest BCUT2D eigenvalue weighted by Crippen LogP contribution is 2.03. The molecule has 0 saturated heterocycles. The first-order valence-electron chi connectivity index (χ1n) is 4.47. The highest BCUT2D eigenvalue weighted by atomic mass is 16.4. The third kappa shape index (κ3) is 5.42. The van der Waals surface area contributed by atoms with Gasteiger partial charge in [0.05, 0.1) is 0 Å². The first-order valence-corrected chi connectivity index (χ1v) is 4.47. The van der Waals surface area contributed by atoms with Crippen LogP contribution in [0.2, 0.25) is 0 Å². The first-order chi connectivity index (χ1) is 6.45. The van der Waals surface area contributed by atoms with Crippen molar-refractivity contribution in [2.75, 3.05) is 0 Å². The van der Waals surface area contributed by atoms with Gasteiger partial charge in [-0.2, -0.15) is 0 Å². The number of ketones is 2. The molecule has 5 heteroatoms. The molecule has 0 saturated carbocycles. The van der Waals surface area contributed by atoms with E-state index in [0.29, 0.717) is 19.3 Å². The Morgan fingerprint density at radius 2 is 1.86 bits per heavy atom. The van der Waals surface area contributed by atoms with Crippen molar-refractivity contribution in [1.82, 2.24) is 0 Å². The van der Waals surface area contributed by atoms with E-state index in [1.807, 2.05) is 0 Å². The van der Waals surface area contributed by atoms with Crippen molar-refractivity contribution in [2.45, 2.75) is 38.6 Å². The summed E-state index contributed by atoms with van der Waals surface area (Å²) < 4.78 is 0. The molecule has 1 unspecified atom stereocenters. The van der Waals surface area contributed by atoms with Gasteiger partial charge in [-0.05, 0) is 12.8 Å². The number of carboxylic acid groups (broad SMARTS) is 1. The third-order valence-electron chi connectivity index (χ3n) is 1.88. The smallest absolute Gasteiger partial charge is 0.320 e. The van der Waals surface area contributed by atoms with Gasteiger partial charge in [-0.1, -0.05) is 6.42 Å². The zero-order valence-electron chi connectivity index (χ0n) is 8.16.